The molecule has 0 saturated heterocycles. The first-order chi connectivity index (χ1) is 6.18. The van der Waals surface area contributed by atoms with E-state index >= 15 is 0 Å². The van der Waals surface area contributed by atoms with Gasteiger partial charge in [0.25, 0.3) is 0 Å². The third kappa shape index (κ3) is 1.31. The van der Waals surface area contributed by atoms with Crippen LogP contribution in [0.3, 0.4) is 0 Å². The average molecular weight is 191 g/mol. The minimum atomic E-state index is 0.0915. The summed E-state index contributed by atoms with van der Waals surface area (Å²) in [5.41, 5.74) is 7.26. The van der Waals surface area contributed by atoms with E-state index in [-0.39, 0.29) is 5.78 Å². The van der Waals surface area contributed by atoms with Crippen LogP contribution in [0.4, 0.5) is 5.69 Å². The molecule has 0 unspecified atom stereocenters. The number of Topliss-reactive ketones (excluding diaryl/α,β-unsaturated/α-hetero) is 1. The van der Waals surface area contributed by atoms with E-state index in [2.05, 4.69) is 0 Å². The van der Waals surface area contributed by atoms with Crippen molar-refractivity contribution in [3.8, 4) is 0 Å². The van der Waals surface area contributed by atoms with Gasteiger partial charge in [0.1, 0.15) is 0 Å². The molecule has 0 saturated carbocycles. The molecule has 1 aromatic heterocycles. The van der Waals surface area contributed by atoms with Gasteiger partial charge in [0.15, 0.2) is 5.78 Å². The summed E-state index contributed by atoms with van der Waals surface area (Å²) < 4.78 is 1.07. The molecular formula is C10H9NOS. The van der Waals surface area contributed by atoms with Gasteiger partial charge in [0, 0.05) is 21.0 Å². The summed E-state index contributed by atoms with van der Waals surface area (Å²) in [4.78, 5) is 11.1. The van der Waals surface area contributed by atoms with E-state index in [1.54, 1.807) is 18.3 Å². The molecule has 0 spiro atoms. The van der Waals surface area contributed by atoms with E-state index in [0.29, 0.717) is 0 Å². The van der Waals surface area contributed by atoms with Crippen LogP contribution in [0.5, 0.6) is 0 Å². The number of anilines is 1. The summed E-state index contributed by atoms with van der Waals surface area (Å²) in [6.07, 6.45) is 0. The zero-order chi connectivity index (χ0) is 9.42. The zero-order valence-electron chi connectivity index (χ0n) is 7.20. The molecule has 0 amide bonds. The lowest BCUT2D eigenvalue weighted by Gasteiger charge is -1.95. The second-order valence-electron chi connectivity index (χ2n) is 2.96. The number of hydrogen-bond acceptors (Lipinski definition) is 3. The summed E-state index contributed by atoms with van der Waals surface area (Å²) in [7, 11) is 0. The van der Waals surface area contributed by atoms with Gasteiger partial charge in [0.2, 0.25) is 0 Å². The van der Waals surface area contributed by atoms with Gasteiger partial charge in [-0.25, -0.2) is 0 Å². The lowest BCUT2D eigenvalue weighted by Crippen LogP contribution is -1.90. The minimum absolute atomic E-state index is 0.0915. The zero-order valence-corrected chi connectivity index (χ0v) is 8.02. The summed E-state index contributed by atoms with van der Waals surface area (Å²) >= 11 is 1.57. The minimum Gasteiger partial charge on any atom is -0.398 e. The number of carbonyl (C=O) groups excluding carboxylic acids is 1. The van der Waals surface area contributed by atoms with Crippen LogP contribution in [-0.2, 0) is 0 Å². The predicted molar refractivity (Wildman–Crippen MR) is 56.2 cm³/mol. The Kier molecular flexibility index (Phi) is 1.81. The third-order valence-corrected chi connectivity index (χ3v) is 2.98. The molecule has 2 aromatic rings. The second-order valence-corrected chi connectivity index (χ2v) is 3.87. The molecule has 2 N–H and O–H groups in total. The van der Waals surface area contributed by atoms with Gasteiger partial charge in [0.05, 0.1) is 5.69 Å². The lowest BCUT2D eigenvalue weighted by atomic mass is 10.1. The fourth-order valence-corrected chi connectivity index (χ4v) is 2.16. The Labute approximate surface area is 80.0 Å². The quantitative estimate of drug-likeness (QED) is 0.704. The van der Waals surface area contributed by atoms with E-state index in [9.17, 15) is 4.79 Å². The van der Waals surface area contributed by atoms with Crippen molar-refractivity contribution in [3.63, 3.8) is 0 Å². The number of nitrogens with two attached hydrogens (primary N) is 1. The monoisotopic (exact) mass is 191 g/mol. The maximum Gasteiger partial charge on any atom is 0.159 e. The normalized spacial score (nSPS) is 10.5. The van der Waals surface area contributed by atoms with Gasteiger partial charge >= 0.3 is 0 Å². The fourth-order valence-electron chi connectivity index (χ4n) is 1.27. The Bertz CT molecular complexity index is 473. The Morgan fingerprint density at radius 3 is 2.92 bits per heavy atom. The first kappa shape index (κ1) is 8.26. The number of rotatable bonds is 1. The Morgan fingerprint density at radius 1 is 1.46 bits per heavy atom. The van der Waals surface area contributed by atoms with Crippen LogP contribution in [-0.4, -0.2) is 5.78 Å². The smallest absolute Gasteiger partial charge is 0.159 e. The van der Waals surface area contributed by atoms with Crippen molar-refractivity contribution in [1.29, 1.82) is 0 Å². The molecule has 0 radical (unpaired) electrons. The molecule has 0 aliphatic heterocycles. The molecular weight excluding hydrogens is 182 g/mol. The second kappa shape index (κ2) is 2.85. The third-order valence-electron chi connectivity index (χ3n) is 2.01. The number of hydrogen-bond donors (Lipinski definition) is 1. The van der Waals surface area contributed by atoms with E-state index in [1.807, 2.05) is 23.6 Å². The van der Waals surface area contributed by atoms with Crippen molar-refractivity contribution in [2.75, 3.05) is 5.73 Å². The van der Waals surface area contributed by atoms with Crippen molar-refractivity contribution in [2.45, 2.75) is 6.92 Å². The molecule has 13 heavy (non-hydrogen) atoms. The van der Waals surface area contributed by atoms with Gasteiger partial charge in [-0.1, -0.05) is 12.1 Å². The van der Waals surface area contributed by atoms with Crippen LogP contribution >= 0.6 is 11.3 Å². The van der Waals surface area contributed by atoms with Crippen molar-refractivity contribution >= 4 is 32.9 Å². The fraction of sp³-hybridized carbons (Fsp3) is 0.100. The highest BCUT2D eigenvalue weighted by Gasteiger charge is 2.03. The van der Waals surface area contributed by atoms with Crippen LogP contribution in [0.1, 0.15) is 17.3 Å². The van der Waals surface area contributed by atoms with E-state index < -0.39 is 0 Å². The van der Waals surface area contributed by atoms with Gasteiger partial charge in [-0.15, -0.1) is 11.3 Å². The largest absolute Gasteiger partial charge is 0.398 e. The lowest BCUT2D eigenvalue weighted by molar-refractivity contribution is 0.101. The Balaban J connectivity index is 2.70. The molecule has 66 valence electrons. The number of carbonyl (C=O) groups is 1. The van der Waals surface area contributed by atoms with E-state index in [1.165, 1.54) is 0 Å². The number of nitrogen functional groups attached to an aromatic ring is 1. The number of fused-ring (bicyclic) bond motifs is 1. The standard InChI is InChI=1S/C10H9NOS/c1-6(12)7-2-3-8-9(11)5-13-10(8)4-7/h2-5H,11H2,1H3. The van der Waals surface area contributed by atoms with Crippen molar-refractivity contribution < 1.29 is 4.79 Å². The first-order valence-electron chi connectivity index (χ1n) is 3.96. The highest BCUT2D eigenvalue weighted by Crippen LogP contribution is 2.28. The molecule has 2 rings (SSSR count). The summed E-state index contributed by atoms with van der Waals surface area (Å²) in [6, 6.07) is 5.60. The molecule has 1 aromatic carbocycles. The maximum atomic E-state index is 11.1. The summed E-state index contributed by atoms with van der Waals surface area (Å²) in [6.45, 7) is 1.57. The molecule has 0 atom stereocenters. The van der Waals surface area contributed by atoms with Crippen LogP contribution in [0.25, 0.3) is 10.1 Å². The summed E-state index contributed by atoms with van der Waals surface area (Å²) in [5, 5.41) is 2.93. The van der Waals surface area contributed by atoms with Crippen molar-refractivity contribution in [2.24, 2.45) is 0 Å². The highest BCUT2D eigenvalue weighted by molar-refractivity contribution is 7.17. The first-order valence-corrected chi connectivity index (χ1v) is 4.84. The molecule has 1 heterocycles. The van der Waals surface area contributed by atoms with Crippen LogP contribution < -0.4 is 5.73 Å². The predicted octanol–water partition coefficient (Wildman–Crippen LogP) is 2.69. The molecule has 0 aliphatic rings. The van der Waals surface area contributed by atoms with E-state index in [0.717, 1.165) is 21.3 Å². The van der Waals surface area contributed by atoms with Crippen molar-refractivity contribution in [1.82, 2.24) is 0 Å². The number of thiophene rings is 1. The van der Waals surface area contributed by atoms with Gasteiger partial charge in [-0.05, 0) is 13.0 Å². The summed E-state index contributed by atoms with van der Waals surface area (Å²) in [5.74, 6) is 0.0915. The van der Waals surface area contributed by atoms with Crippen LogP contribution in [0.15, 0.2) is 23.6 Å². The molecule has 0 aliphatic carbocycles. The topological polar surface area (TPSA) is 43.1 Å². The molecule has 0 fully saturated rings. The van der Waals surface area contributed by atoms with Gasteiger partial charge < -0.3 is 5.73 Å². The number of benzene rings is 1. The number of ketones is 1. The SMILES string of the molecule is CC(=O)c1ccc2c(N)csc2c1. The highest BCUT2D eigenvalue weighted by atomic mass is 32.1. The average Bonchev–Trinajstić information content (AvgIpc) is 2.47. The van der Waals surface area contributed by atoms with Gasteiger partial charge in [-0.2, -0.15) is 0 Å². The van der Waals surface area contributed by atoms with E-state index in [4.69, 9.17) is 5.73 Å². The maximum absolute atomic E-state index is 11.1. The van der Waals surface area contributed by atoms with Gasteiger partial charge in [-0.3, -0.25) is 4.79 Å². The Hall–Kier alpha value is -1.35. The molecule has 2 nitrogen and oxygen atoms in total. The van der Waals surface area contributed by atoms with Crippen molar-refractivity contribution in [3.05, 3.63) is 29.1 Å². The molecule has 3 heteroatoms. The molecule has 0 bridgehead atoms. The Morgan fingerprint density at radius 2 is 2.23 bits per heavy atom. The van der Waals surface area contributed by atoms with Crippen LogP contribution in [0, 0.1) is 0 Å². The van der Waals surface area contributed by atoms with Crippen LogP contribution in [0.2, 0.25) is 0 Å².